The number of carbonyl (C=O) groups excluding carboxylic acids is 3. The van der Waals surface area contributed by atoms with E-state index in [9.17, 15) is 24.3 Å². The van der Waals surface area contributed by atoms with Crippen LogP contribution in [-0.2, 0) is 9.59 Å². The quantitative estimate of drug-likeness (QED) is 0.583. The number of anilines is 2. The first kappa shape index (κ1) is 20.5. The van der Waals surface area contributed by atoms with E-state index in [-0.39, 0.29) is 46.4 Å². The normalized spacial score (nSPS) is 22.4. The summed E-state index contributed by atoms with van der Waals surface area (Å²) >= 11 is 0. The SMILES string of the molecule is Cc1ccc(C(=O)O)c(NC(=O)c2cccc(N3C(=O)[C@@H]4[C@H](C)C=CC[C@H]4C3=O)c2)c1. The third-order valence-electron chi connectivity index (χ3n) is 5.89. The zero-order valence-corrected chi connectivity index (χ0v) is 17.2. The van der Waals surface area contributed by atoms with Crippen LogP contribution in [0.15, 0.2) is 54.6 Å². The fourth-order valence-electron chi connectivity index (χ4n) is 4.33. The molecule has 1 saturated heterocycles. The highest BCUT2D eigenvalue weighted by molar-refractivity contribution is 6.22. The Kier molecular flexibility index (Phi) is 5.19. The number of carboxylic acid groups (broad SMARTS) is 1. The van der Waals surface area contributed by atoms with Crippen molar-refractivity contribution in [2.24, 2.45) is 17.8 Å². The summed E-state index contributed by atoms with van der Waals surface area (Å²) in [4.78, 5) is 51.4. The number of amides is 3. The number of fused-ring (bicyclic) bond motifs is 1. The van der Waals surface area contributed by atoms with Crippen LogP contribution in [0.2, 0.25) is 0 Å². The molecule has 1 fully saturated rings. The van der Waals surface area contributed by atoms with Gasteiger partial charge in [-0.3, -0.25) is 19.3 Å². The smallest absolute Gasteiger partial charge is 0.337 e. The van der Waals surface area contributed by atoms with Crippen LogP contribution in [0.1, 0.15) is 39.6 Å². The van der Waals surface area contributed by atoms with Crippen LogP contribution < -0.4 is 10.2 Å². The fraction of sp³-hybridized carbons (Fsp3) is 0.250. The zero-order valence-electron chi connectivity index (χ0n) is 17.2. The Labute approximate surface area is 179 Å². The van der Waals surface area contributed by atoms with Gasteiger partial charge >= 0.3 is 5.97 Å². The second kappa shape index (κ2) is 7.83. The van der Waals surface area contributed by atoms with E-state index in [1.807, 2.05) is 19.1 Å². The van der Waals surface area contributed by atoms with Gasteiger partial charge in [0, 0.05) is 5.56 Å². The molecule has 2 N–H and O–H groups in total. The lowest BCUT2D eigenvalue weighted by atomic mass is 9.78. The highest BCUT2D eigenvalue weighted by Crippen LogP contribution is 2.40. The molecule has 0 bridgehead atoms. The summed E-state index contributed by atoms with van der Waals surface area (Å²) < 4.78 is 0. The lowest BCUT2D eigenvalue weighted by Gasteiger charge is -2.22. The topological polar surface area (TPSA) is 104 Å². The molecule has 0 radical (unpaired) electrons. The molecule has 0 unspecified atom stereocenters. The maximum absolute atomic E-state index is 13.0. The van der Waals surface area contributed by atoms with Gasteiger partial charge in [0.05, 0.1) is 28.8 Å². The van der Waals surface area contributed by atoms with E-state index in [1.54, 1.807) is 37.3 Å². The number of carbonyl (C=O) groups is 4. The van der Waals surface area contributed by atoms with Gasteiger partial charge in [-0.1, -0.05) is 31.2 Å². The van der Waals surface area contributed by atoms with Crippen molar-refractivity contribution in [3.63, 3.8) is 0 Å². The maximum Gasteiger partial charge on any atom is 0.337 e. The van der Waals surface area contributed by atoms with E-state index >= 15 is 0 Å². The lowest BCUT2D eigenvalue weighted by molar-refractivity contribution is -0.122. The number of nitrogens with zero attached hydrogens (tertiary/aromatic N) is 1. The van der Waals surface area contributed by atoms with Crippen molar-refractivity contribution in [2.75, 3.05) is 10.2 Å². The summed E-state index contributed by atoms with van der Waals surface area (Å²) in [5, 5.41) is 12.0. The van der Waals surface area contributed by atoms with E-state index in [4.69, 9.17) is 0 Å². The van der Waals surface area contributed by atoms with Gasteiger partial charge in [0.1, 0.15) is 0 Å². The van der Waals surface area contributed by atoms with Gasteiger partial charge in [0.15, 0.2) is 0 Å². The first-order valence-electron chi connectivity index (χ1n) is 10.1. The fourth-order valence-corrected chi connectivity index (χ4v) is 4.33. The molecule has 3 atom stereocenters. The summed E-state index contributed by atoms with van der Waals surface area (Å²) in [6.07, 6.45) is 4.43. The summed E-state index contributed by atoms with van der Waals surface area (Å²) in [7, 11) is 0. The van der Waals surface area contributed by atoms with E-state index < -0.39 is 11.9 Å². The zero-order chi connectivity index (χ0) is 22.3. The number of aromatic carboxylic acids is 1. The standard InChI is InChI=1S/C24H22N2O5/c1-13-9-10-17(24(30)31)19(11-13)25-21(27)15-6-4-7-16(12-15)26-22(28)18-8-3-5-14(2)20(18)23(26)29/h3-7,9-12,14,18,20H,8H2,1-2H3,(H,25,27)(H,30,31)/t14-,18-,20-/m1/s1. The molecule has 2 aromatic rings. The summed E-state index contributed by atoms with van der Waals surface area (Å²) in [6, 6.07) is 10.9. The molecule has 1 aliphatic carbocycles. The van der Waals surface area contributed by atoms with Crippen molar-refractivity contribution in [3.05, 3.63) is 71.3 Å². The average Bonchev–Trinajstić information content (AvgIpc) is 2.99. The Hall–Kier alpha value is -3.74. The highest BCUT2D eigenvalue weighted by Gasteiger charge is 2.50. The Balaban J connectivity index is 1.62. The molecule has 3 amide bonds. The Morgan fingerprint density at radius 1 is 1.10 bits per heavy atom. The predicted octanol–water partition coefficient (Wildman–Crippen LogP) is 3.65. The van der Waals surface area contributed by atoms with E-state index in [2.05, 4.69) is 5.32 Å². The minimum Gasteiger partial charge on any atom is -0.478 e. The number of hydrogen-bond acceptors (Lipinski definition) is 4. The molecule has 2 aromatic carbocycles. The summed E-state index contributed by atoms with van der Waals surface area (Å²) in [6.45, 7) is 3.72. The van der Waals surface area contributed by atoms with Crippen LogP contribution in [0.25, 0.3) is 0 Å². The minimum atomic E-state index is -1.15. The largest absolute Gasteiger partial charge is 0.478 e. The van der Waals surface area contributed by atoms with Gasteiger partial charge in [-0.15, -0.1) is 0 Å². The number of allylic oxidation sites excluding steroid dienone is 2. The van der Waals surface area contributed by atoms with Crippen molar-refractivity contribution in [2.45, 2.75) is 20.3 Å². The van der Waals surface area contributed by atoms with Crippen LogP contribution >= 0.6 is 0 Å². The number of benzene rings is 2. The lowest BCUT2D eigenvalue weighted by Crippen LogP contribution is -2.31. The number of rotatable bonds is 4. The Morgan fingerprint density at radius 2 is 1.87 bits per heavy atom. The van der Waals surface area contributed by atoms with Crippen LogP contribution in [0, 0.1) is 24.7 Å². The van der Waals surface area contributed by atoms with Gasteiger partial charge in [-0.05, 0) is 55.2 Å². The molecule has 7 nitrogen and oxygen atoms in total. The number of hydrogen-bond donors (Lipinski definition) is 2. The van der Waals surface area contributed by atoms with E-state index in [0.717, 1.165) is 5.56 Å². The van der Waals surface area contributed by atoms with Crippen molar-refractivity contribution in [1.82, 2.24) is 0 Å². The molecule has 4 rings (SSSR count). The van der Waals surface area contributed by atoms with Gasteiger partial charge in [0.25, 0.3) is 5.91 Å². The summed E-state index contributed by atoms with van der Waals surface area (Å²) in [5.74, 6) is -2.98. The number of aryl methyl sites for hydroxylation is 1. The van der Waals surface area contributed by atoms with Crippen LogP contribution in [-0.4, -0.2) is 28.8 Å². The van der Waals surface area contributed by atoms with Crippen LogP contribution in [0.3, 0.4) is 0 Å². The van der Waals surface area contributed by atoms with E-state index in [0.29, 0.717) is 12.1 Å². The predicted molar refractivity (Wildman–Crippen MR) is 115 cm³/mol. The van der Waals surface area contributed by atoms with Crippen LogP contribution in [0.5, 0.6) is 0 Å². The Morgan fingerprint density at radius 3 is 2.58 bits per heavy atom. The third kappa shape index (κ3) is 3.63. The molecular formula is C24H22N2O5. The maximum atomic E-state index is 13.0. The van der Waals surface area contributed by atoms with Gasteiger partial charge in [-0.2, -0.15) is 0 Å². The van der Waals surface area contributed by atoms with Crippen molar-refractivity contribution in [3.8, 4) is 0 Å². The highest BCUT2D eigenvalue weighted by atomic mass is 16.4. The van der Waals surface area contributed by atoms with Gasteiger partial charge in [-0.25, -0.2) is 4.79 Å². The Bertz CT molecular complexity index is 1140. The van der Waals surface area contributed by atoms with Crippen LogP contribution in [0.4, 0.5) is 11.4 Å². The number of nitrogens with one attached hydrogen (secondary N) is 1. The molecule has 158 valence electrons. The molecule has 0 spiro atoms. The molecule has 2 aliphatic rings. The van der Waals surface area contributed by atoms with Crippen molar-refractivity contribution in [1.29, 1.82) is 0 Å². The average molecular weight is 418 g/mol. The third-order valence-corrected chi connectivity index (χ3v) is 5.89. The first-order valence-corrected chi connectivity index (χ1v) is 10.1. The molecule has 1 aliphatic heterocycles. The number of carboxylic acids is 1. The molecular weight excluding hydrogens is 396 g/mol. The molecule has 7 heteroatoms. The van der Waals surface area contributed by atoms with Gasteiger partial charge < -0.3 is 10.4 Å². The minimum absolute atomic E-state index is 0.0226. The first-order chi connectivity index (χ1) is 14.8. The molecule has 0 saturated carbocycles. The second-order valence-electron chi connectivity index (χ2n) is 8.03. The van der Waals surface area contributed by atoms with Crippen molar-refractivity contribution < 1.29 is 24.3 Å². The monoisotopic (exact) mass is 418 g/mol. The molecule has 1 heterocycles. The summed E-state index contributed by atoms with van der Waals surface area (Å²) in [5.41, 5.74) is 1.52. The van der Waals surface area contributed by atoms with E-state index in [1.165, 1.54) is 17.0 Å². The van der Waals surface area contributed by atoms with Crippen molar-refractivity contribution >= 4 is 35.1 Å². The molecule has 31 heavy (non-hydrogen) atoms. The second-order valence-corrected chi connectivity index (χ2v) is 8.03. The number of imide groups is 1. The molecule has 0 aromatic heterocycles. The van der Waals surface area contributed by atoms with Gasteiger partial charge in [0.2, 0.25) is 11.8 Å².